The molecule has 1 aromatic heterocycles. The molecule has 3 aromatic carbocycles. The number of amides is 2. The zero-order valence-corrected chi connectivity index (χ0v) is 26.1. The third kappa shape index (κ3) is 7.54. The van der Waals surface area contributed by atoms with E-state index in [9.17, 15) is 14.0 Å². The summed E-state index contributed by atoms with van der Waals surface area (Å²) in [4.78, 5) is 36.8. The molecule has 0 aliphatic carbocycles. The number of anilines is 1. The number of hydrogen-bond acceptors (Lipinski definition) is 7. The van der Waals surface area contributed by atoms with Gasteiger partial charge in [0, 0.05) is 72.4 Å². The Morgan fingerprint density at radius 3 is 2.68 bits per heavy atom. The molecule has 0 saturated carbocycles. The van der Waals surface area contributed by atoms with E-state index in [1.165, 1.54) is 24.5 Å². The molecule has 6 rings (SSSR count). The Labute approximate surface area is 275 Å². The van der Waals surface area contributed by atoms with Gasteiger partial charge < -0.3 is 21.4 Å². The van der Waals surface area contributed by atoms with Crippen molar-refractivity contribution < 1.29 is 14.0 Å². The molecule has 0 radical (unpaired) electrons. The van der Waals surface area contributed by atoms with Crippen LogP contribution >= 0.6 is 11.6 Å². The van der Waals surface area contributed by atoms with Gasteiger partial charge in [-0.25, -0.2) is 9.38 Å². The number of aromatic nitrogens is 2. The molecule has 0 bridgehead atoms. The fourth-order valence-corrected chi connectivity index (χ4v) is 6.51. The summed E-state index contributed by atoms with van der Waals surface area (Å²) in [5.74, 6) is 3.60. The van der Waals surface area contributed by atoms with Gasteiger partial charge in [-0.05, 0) is 66.6 Å². The van der Waals surface area contributed by atoms with Gasteiger partial charge in [-0.15, -0.1) is 5.11 Å². The highest BCUT2D eigenvalue weighted by molar-refractivity contribution is 6.30. The lowest BCUT2D eigenvalue weighted by atomic mass is 9.80. The molecule has 2 aliphatic rings. The van der Waals surface area contributed by atoms with E-state index in [1.807, 2.05) is 12.1 Å². The normalized spacial score (nSPS) is 20.9. The largest absolute Gasteiger partial charge is 0.325 e. The Morgan fingerprint density at radius 1 is 1.09 bits per heavy atom. The lowest BCUT2D eigenvalue weighted by molar-refractivity contribution is -0.139. The lowest BCUT2D eigenvalue weighted by Gasteiger charge is -2.47. The summed E-state index contributed by atoms with van der Waals surface area (Å²) in [6.45, 7) is 3.60. The molecule has 4 aromatic rings. The first kappa shape index (κ1) is 32.0. The van der Waals surface area contributed by atoms with E-state index in [1.54, 1.807) is 53.6 Å². The Balaban J connectivity index is 1.37. The molecule has 14 heteroatoms. The number of H-pyrrole nitrogens is 1. The fourth-order valence-electron chi connectivity index (χ4n) is 6.33. The molecule has 2 amide bonds. The Morgan fingerprint density at radius 2 is 1.89 bits per heavy atom. The Bertz CT molecular complexity index is 1820. The van der Waals surface area contributed by atoms with Crippen LogP contribution in [0, 0.1) is 5.82 Å². The van der Waals surface area contributed by atoms with Gasteiger partial charge in [0.05, 0.1) is 17.4 Å². The monoisotopic (exact) mass is 656 g/mol. The molecule has 5 N–H and O–H groups in total. The molecule has 2 saturated heterocycles. The number of fused-ring (bicyclic) bond motifs is 1. The minimum atomic E-state index is -0.890. The minimum Gasteiger partial charge on any atom is -0.325 e. The van der Waals surface area contributed by atoms with Crippen molar-refractivity contribution in [1.29, 1.82) is 0 Å². The molecule has 2 fully saturated rings. The van der Waals surface area contributed by atoms with E-state index < -0.39 is 12.0 Å². The first-order valence-corrected chi connectivity index (χ1v) is 15.6. The van der Waals surface area contributed by atoms with Crippen LogP contribution in [0.2, 0.25) is 5.02 Å². The Hall–Kier alpha value is -4.98. The number of nitrogens with zero attached hydrogens (tertiary/aromatic N) is 6. The number of carbonyl (C=O) groups excluding carboxylic acids is 2. The van der Waals surface area contributed by atoms with Gasteiger partial charge in [-0.3, -0.25) is 19.6 Å². The molecular weight excluding hydrogens is 623 g/mol. The van der Waals surface area contributed by atoms with Crippen LogP contribution < -0.4 is 16.5 Å². The van der Waals surface area contributed by atoms with Crippen molar-refractivity contribution in [2.75, 3.05) is 38.0 Å². The molecular formula is C33H34ClFN10O2. The molecule has 12 nitrogen and oxygen atoms in total. The van der Waals surface area contributed by atoms with Crippen molar-refractivity contribution in [3.63, 3.8) is 0 Å². The second kappa shape index (κ2) is 14.6. The van der Waals surface area contributed by atoms with E-state index in [0.717, 1.165) is 42.6 Å². The SMILES string of the molecule is NN=NC=Nc1ccc(Cl)cc1C=CC(=O)N1CC(N2CCNCC2)CC(c2ccc(F)cc2)C1C(=O)Nc1ccc2[nH]ncc2c1. The average Bonchev–Trinajstić information content (AvgIpc) is 3.56. The summed E-state index contributed by atoms with van der Waals surface area (Å²) in [5, 5.41) is 21.4. The van der Waals surface area contributed by atoms with Crippen LogP contribution in [-0.4, -0.2) is 83.0 Å². The highest BCUT2D eigenvalue weighted by Crippen LogP contribution is 2.36. The molecule has 3 heterocycles. The van der Waals surface area contributed by atoms with Crippen molar-refractivity contribution in [3.05, 3.63) is 94.9 Å². The van der Waals surface area contributed by atoms with E-state index in [0.29, 0.717) is 34.9 Å². The number of piperazine rings is 1. The van der Waals surface area contributed by atoms with Gasteiger partial charge in [0.15, 0.2) is 0 Å². The van der Waals surface area contributed by atoms with Crippen LogP contribution in [0.4, 0.5) is 15.8 Å². The van der Waals surface area contributed by atoms with Crippen molar-refractivity contribution in [1.82, 2.24) is 25.3 Å². The fraction of sp³-hybridized carbons (Fsp3) is 0.273. The number of aromatic amines is 1. The number of nitrogens with one attached hydrogen (secondary N) is 3. The van der Waals surface area contributed by atoms with E-state index in [4.69, 9.17) is 17.4 Å². The zero-order chi connectivity index (χ0) is 32.8. The second-order valence-corrected chi connectivity index (χ2v) is 11.9. The van der Waals surface area contributed by atoms with Crippen molar-refractivity contribution in [2.45, 2.75) is 24.4 Å². The quantitative estimate of drug-likeness (QED) is 0.0540. The number of rotatable bonds is 8. The van der Waals surface area contributed by atoms with Crippen LogP contribution in [0.15, 0.2) is 88.3 Å². The maximum atomic E-state index is 14.3. The topological polar surface area (TPSA) is 156 Å². The number of piperidine rings is 1. The third-order valence-corrected chi connectivity index (χ3v) is 8.82. The zero-order valence-electron chi connectivity index (χ0n) is 25.4. The minimum absolute atomic E-state index is 0.0243. The number of likely N-dealkylation sites (tertiary alicyclic amines) is 1. The van der Waals surface area contributed by atoms with Crippen molar-refractivity contribution >= 4 is 58.1 Å². The lowest BCUT2D eigenvalue weighted by Crippen LogP contribution is -2.61. The van der Waals surface area contributed by atoms with Crippen molar-refractivity contribution in [2.24, 2.45) is 21.2 Å². The second-order valence-electron chi connectivity index (χ2n) is 11.4. The number of benzene rings is 3. The standard InChI is InChI=1S/C33H34ClFN10O2/c34-24-4-8-29(38-20-40-43-36)22(15-24)3-10-31(46)45-19-27(44-13-11-37-12-14-44)17-28(21-1-5-25(35)6-2-21)32(45)33(47)41-26-7-9-30-23(16-26)18-39-42-30/h1-10,15-16,18,20,27-28,32,37H,11-14,17,19H2,(H,39,42)(H,41,47)(H2,36,38,40). The number of hydrogen-bond donors (Lipinski definition) is 4. The predicted molar refractivity (Wildman–Crippen MR) is 180 cm³/mol. The molecule has 2 aliphatic heterocycles. The summed E-state index contributed by atoms with van der Waals surface area (Å²) in [6.07, 6.45) is 6.53. The summed E-state index contributed by atoms with van der Waals surface area (Å²) >= 11 is 6.28. The van der Waals surface area contributed by atoms with E-state index >= 15 is 0 Å². The summed E-state index contributed by atoms with van der Waals surface area (Å²) in [7, 11) is 0. The van der Waals surface area contributed by atoms with Gasteiger partial charge in [-0.2, -0.15) is 5.10 Å². The molecule has 3 atom stereocenters. The van der Waals surface area contributed by atoms with Crippen LogP contribution in [0.25, 0.3) is 17.0 Å². The van der Waals surface area contributed by atoms with E-state index in [-0.39, 0.29) is 23.7 Å². The highest BCUT2D eigenvalue weighted by Gasteiger charge is 2.44. The smallest absolute Gasteiger partial charge is 0.247 e. The first-order valence-electron chi connectivity index (χ1n) is 15.2. The maximum Gasteiger partial charge on any atom is 0.247 e. The van der Waals surface area contributed by atoms with Gasteiger partial charge in [0.1, 0.15) is 18.2 Å². The van der Waals surface area contributed by atoms with Crippen LogP contribution in [0.1, 0.15) is 23.5 Å². The number of nitrogens with two attached hydrogens (primary N) is 1. The molecule has 47 heavy (non-hydrogen) atoms. The van der Waals surface area contributed by atoms with Crippen molar-refractivity contribution in [3.8, 4) is 0 Å². The maximum absolute atomic E-state index is 14.3. The van der Waals surface area contributed by atoms with Gasteiger partial charge in [0.25, 0.3) is 0 Å². The van der Waals surface area contributed by atoms with Gasteiger partial charge in [0.2, 0.25) is 11.8 Å². The Kier molecular flexibility index (Phi) is 9.95. The molecule has 242 valence electrons. The number of aliphatic imine (C=N–C) groups is 1. The third-order valence-electron chi connectivity index (χ3n) is 8.59. The van der Waals surface area contributed by atoms with Gasteiger partial charge in [-0.1, -0.05) is 29.0 Å². The first-order chi connectivity index (χ1) is 22.9. The average molecular weight is 657 g/mol. The van der Waals surface area contributed by atoms with E-state index in [2.05, 4.69) is 41.1 Å². The van der Waals surface area contributed by atoms with Crippen LogP contribution in [-0.2, 0) is 9.59 Å². The highest BCUT2D eigenvalue weighted by atomic mass is 35.5. The summed E-state index contributed by atoms with van der Waals surface area (Å²) in [5.41, 5.74) is 3.25. The molecule has 0 spiro atoms. The number of carbonyl (C=O) groups is 2. The van der Waals surface area contributed by atoms with Gasteiger partial charge >= 0.3 is 0 Å². The summed E-state index contributed by atoms with van der Waals surface area (Å²) in [6, 6.07) is 15.8. The van der Waals surface area contributed by atoms with Crippen LogP contribution in [0.5, 0.6) is 0 Å². The number of halogens is 2. The van der Waals surface area contributed by atoms with Crippen LogP contribution in [0.3, 0.4) is 0 Å². The summed E-state index contributed by atoms with van der Waals surface area (Å²) < 4.78 is 14.1. The molecule has 3 unspecified atom stereocenters. The predicted octanol–water partition coefficient (Wildman–Crippen LogP) is 4.65.